The molecule has 0 unspecified atom stereocenters. The number of alkyl halides is 2. The van der Waals surface area contributed by atoms with E-state index < -0.39 is 16.6 Å². The Bertz CT molecular complexity index is 295. The van der Waals surface area contributed by atoms with Gasteiger partial charge < -0.3 is 27.8 Å². The molecule has 0 atom stereocenters. The molecule has 0 saturated carbocycles. The minimum Gasteiger partial charge on any atom is -0.414 e. The topological polar surface area (TPSA) is 55.4 Å². The second-order valence-electron chi connectivity index (χ2n) is 6.93. The lowest BCUT2D eigenvalue weighted by atomic mass is 10.7. The molecule has 158 valence electrons. The molecule has 0 radical (unpaired) electrons. The van der Waals surface area contributed by atoms with Crippen LogP contribution in [-0.2, 0) is 27.8 Å². The number of ether oxygens (including phenoxy) is 4. The molecule has 0 aliphatic heterocycles. The minimum atomic E-state index is -1.68. The fraction of sp³-hybridized carbons (Fsp3) is 1.00. The summed E-state index contributed by atoms with van der Waals surface area (Å²) in [6.45, 7) is 14.0. The zero-order valence-corrected chi connectivity index (χ0v) is 20.2. The Kier molecular flexibility index (Phi) is 17.2. The Labute approximate surface area is 171 Å². The van der Waals surface area contributed by atoms with Crippen LogP contribution in [0.2, 0.25) is 26.2 Å². The van der Waals surface area contributed by atoms with Gasteiger partial charge in [0.15, 0.2) is 0 Å². The number of hydrogen-bond donors (Lipinski definition) is 0. The fourth-order valence-corrected chi connectivity index (χ4v) is 3.48. The molecule has 0 N–H and O–H groups in total. The Hall–Kier alpha value is 0.774. The van der Waals surface area contributed by atoms with Crippen molar-refractivity contribution in [2.24, 2.45) is 0 Å². The van der Waals surface area contributed by atoms with Gasteiger partial charge in [-0.1, -0.05) is 0 Å². The maximum Gasteiger partial charge on any atom is 0.201 e. The van der Waals surface area contributed by atoms with E-state index in [1.165, 1.54) is 0 Å². The first-order valence-corrected chi connectivity index (χ1v) is 16.3. The molecule has 6 nitrogen and oxygen atoms in total. The second kappa shape index (κ2) is 16.7. The van der Waals surface area contributed by atoms with E-state index in [1.54, 1.807) is 0 Å². The molecule has 0 spiro atoms. The average Bonchev–Trinajstić information content (AvgIpc) is 2.61. The summed E-state index contributed by atoms with van der Waals surface area (Å²) in [7, 11) is -3.35. The van der Waals surface area contributed by atoms with Gasteiger partial charge in [0, 0.05) is 11.0 Å². The number of halogens is 2. The van der Waals surface area contributed by atoms with Crippen molar-refractivity contribution >= 4 is 39.8 Å². The molecule has 0 rings (SSSR count). The van der Waals surface area contributed by atoms with E-state index in [-0.39, 0.29) is 0 Å². The Morgan fingerprint density at radius 2 is 0.692 bits per heavy atom. The number of rotatable bonds is 19. The van der Waals surface area contributed by atoms with Crippen LogP contribution in [0.25, 0.3) is 0 Å². The molecule has 0 aromatic heterocycles. The maximum absolute atomic E-state index is 5.83. The minimum absolute atomic E-state index is 0.546. The van der Waals surface area contributed by atoms with Gasteiger partial charge in [0.2, 0.25) is 16.6 Å². The first kappa shape index (κ1) is 26.8. The van der Waals surface area contributed by atoms with E-state index in [9.17, 15) is 0 Å². The molecule has 0 aliphatic carbocycles. The third-order valence-electron chi connectivity index (χ3n) is 3.20. The van der Waals surface area contributed by atoms with E-state index in [4.69, 9.17) is 51.0 Å². The predicted molar refractivity (Wildman–Crippen MR) is 112 cm³/mol. The fourth-order valence-electron chi connectivity index (χ4n) is 1.59. The molecule has 26 heavy (non-hydrogen) atoms. The number of hydrogen-bond acceptors (Lipinski definition) is 6. The van der Waals surface area contributed by atoms with E-state index in [1.807, 2.05) is 0 Å². The van der Waals surface area contributed by atoms with Crippen LogP contribution in [0.3, 0.4) is 0 Å². The lowest BCUT2D eigenvalue weighted by Crippen LogP contribution is -2.34. The molecule has 0 aromatic carbocycles. The van der Waals surface area contributed by atoms with Crippen LogP contribution in [-0.4, -0.2) is 93.7 Å². The first-order chi connectivity index (χ1) is 12.3. The smallest absolute Gasteiger partial charge is 0.201 e. The third-order valence-corrected chi connectivity index (χ3v) is 10.3. The first-order valence-electron chi connectivity index (χ1n) is 9.04. The van der Waals surface area contributed by atoms with E-state index in [0.717, 1.165) is 0 Å². The highest BCUT2D eigenvalue weighted by molar-refractivity contribution is 6.78. The van der Waals surface area contributed by atoms with Crippen molar-refractivity contribution in [1.29, 1.82) is 0 Å². The van der Waals surface area contributed by atoms with Crippen molar-refractivity contribution in [3.05, 3.63) is 0 Å². The molecule has 0 heterocycles. The van der Waals surface area contributed by atoms with Crippen LogP contribution >= 0.6 is 23.2 Å². The molecule has 0 bridgehead atoms. The van der Waals surface area contributed by atoms with E-state index in [0.29, 0.717) is 77.1 Å². The Balaban J connectivity index is 3.16. The zero-order valence-electron chi connectivity index (χ0n) is 16.7. The van der Waals surface area contributed by atoms with Crippen LogP contribution in [0.15, 0.2) is 0 Å². The zero-order chi connectivity index (χ0) is 19.7. The summed E-state index contributed by atoms with van der Waals surface area (Å²) < 4.78 is 33.1. The van der Waals surface area contributed by atoms with Crippen molar-refractivity contribution in [2.75, 3.05) is 77.1 Å². The molecule has 10 heteroatoms. The van der Waals surface area contributed by atoms with Crippen molar-refractivity contribution in [3.8, 4) is 0 Å². The van der Waals surface area contributed by atoms with Crippen LogP contribution in [0.1, 0.15) is 0 Å². The summed E-state index contributed by atoms with van der Waals surface area (Å²) in [4.78, 5) is 0. The van der Waals surface area contributed by atoms with Crippen LogP contribution < -0.4 is 0 Å². The normalized spacial score (nSPS) is 12.7. The third kappa shape index (κ3) is 18.2. The summed E-state index contributed by atoms with van der Waals surface area (Å²) >= 11 is 11.7. The van der Waals surface area contributed by atoms with E-state index >= 15 is 0 Å². The van der Waals surface area contributed by atoms with Crippen LogP contribution in [0, 0.1) is 0 Å². The maximum atomic E-state index is 5.83. The molecular formula is C16H36Cl2O6Si2. The van der Waals surface area contributed by atoms with Gasteiger partial charge in [-0.25, -0.2) is 0 Å². The molecule has 0 saturated heterocycles. The lowest BCUT2D eigenvalue weighted by Gasteiger charge is -2.19. The van der Waals surface area contributed by atoms with Gasteiger partial charge in [0.1, 0.15) is 0 Å². The van der Waals surface area contributed by atoms with Crippen molar-refractivity contribution < 1.29 is 27.8 Å². The quantitative estimate of drug-likeness (QED) is 0.171. The molecule has 0 amide bonds. The summed E-state index contributed by atoms with van der Waals surface area (Å²) in [5, 5.41) is 0. The molecular weight excluding hydrogens is 415 g/mol. The summed E-state index contributed by atoms with van der Waals surface area (Å²) in [6.07, 6.45) is 0. The van der Waals surface area contributed by atoms with Gasteiger partial charge in [-0.2, -0.15) is 0 Å². The van der Waals surface area contributed by atoms with Crippen molar-refractivity contribution in [1.82, 2.24) is 0 Å². The van der Waals surface area contributed by atoms with Gasteiger partial charge in [-0.05, 0) is 26.2 Å². The molecule has 0 aromatic rings. The average molecular weight is 452 g/mol. The van der Waals surface area contributed by atoms with Gasteiger partial charge in [-0.3, -0.25) is 0 Å². The van der Waals surface area contributed by atoms with Crippen molar-refractivity contribution in [3.63, 3.8) is 0 Å². The SMILES string of the molecule is C[Si](C)(CCl)OCCOCCOCCOCCOCCO[Si](C)(C)CCl. The van der Waals surface area contributed by atoms with Gasteiger partial charge in [-0.15, -0.1) is 23.2 Å². The monoisotopic (exact) mass is 450 g/mol. The van der Waals surface area contributed by atoms with E-state index in [2.05, 4.69) is 26.2 Å². The highest BCUT2D eigenvalue weighted by Gasteiger charge is 2.20. The van der Waals surface area contributed by atoms with Crippen molar-refractivity contribution in [2.45, 2.75) is 26.2 Å². The summed E-state index contributed by atoms with van der Waals surface area (Å²) in [5.41, 5.74) is 1.20. The van der Waals surface area contributed by atoms with Gasteiger partial charge in [0.25, 0.3) is 0 Å². The molecule has 0 aliphatic rings. The predicted octanol–water partition coefficient (Wildman–Crippen LogP) is 3.05. The molecule has 0 fully saturated rings. The second-order valence-corrected chi connectivity index (χ2v) is 16.7. The summed E-state index contributed by atoms with van der Waals surface area (Å²) in [5.74, 6) is 0. The van der Waals surface area contributed by atoms with Gasteiger partial charge in [0.05, 0.1) is 66.1 Å². The van der Waals surface area contributed by atoms with Crippen LogP contribution in [0.5, 0.6) is 0 Å². The Morgan fingerprint density at radius 3 is 0.923 bits per heavy atom. The van der Waals surface area contributed by atoms with Crippen LogP contribution in [0.4, 0.5) is 0 Å². The Morgan fingerprint density at radius 1 is 0.462 bits per heavy atom. The van der Waals surface area contributed by atoms with Gasteiger partial charge >= 0.3 is 0 Å². The largest absolute Gasteiger partial charge is 0.414 e. The standard InChI is InChI=1S/C16H36Cl2O6Si2/c1-25(2,15-17)23-13-11-21-9-7-19-5-6-20-8-10-22-12-14-24-26(3,4)16-18/h5-16H2,1-4H3. The highest BCUT2D eigenvalue weighted by Crippen LogP contribution is 2.06. The summed E-state index contributed by atoms with van der Waals surface area (Å²) in [6, 6.07) is 0. The lowest BCUT2D eigenvalue weighted by molar-refractivity contribution is -0.00744. The highest BCUT2D eigenvalue weighted by atomic mass is 35.5.